The number of amides is 1. The summed E-state index contributed by atoms with van der Waals surface area (Å²) in [5.74, 6) is -0.841. The van der Waals surface area contributed by atoms with Gasteiger partial charge in [0.25, 0.3) is 0 Å². The van der Waals surface area contributed by atoms with Gasteiger partial charge in [-0.25, -0.2) is 4.79 Å². The van der Waals surface area contributed by atoms with Gasteiger partial charge in [0.05, 0.1) is 12.8 Å². The van der Waals surface area contributed by atoms with E-state index in [1.54, 1.807) is 18.4 Å². The maximum atomic E-state index is 13.5. The van der Waals surface area contributed by atoms with E-state index in [1.807, 2.05) is 26.0 Å². The molecule has 2 aromatic heterocycles. The number of para-hydroxylation sites is 1. The van der Waals surface area contributed by atoms with Crippen LogP contribution in [0.25, 0.3) is 10.9 Å². The smallest absolute Gasteiger partial charge is 0.407 e. The van der Waals surface area contributed by atoms with Crippen molar-refractivity contribution in [3.05, 3.63) is 71.3 Å². The normalized spacial score (nSPS) is 39.2. The molecular formula is C33H36N2O7. The maximum absolute atomic E-state index is 13.5. The summed E-state index contributed by atoms with van der Waals surface area (Å²) >= 11 is 0. The zero-order chi connectivity index (χ0) is 29.3. The van der Waals surface area contributed by atoms with Crippen molar-refractivity contribution in [3.8, 4) is 0 Å². The second-order valence-electron chi connectivity index (χ2n) is 13.7. The topological polar surface area (TPSA) is 123 Å². The number of benzene rings is 1. The minimum atomic E-state index is -1.75. The van der Waals surface area contributed by atoms with E-state index < -0.39 is 46.1 Å². The number of alkyl carbamates (subject to hydrolysis) is 1. The summed E-state index contributed by atoms with van der Waals surface area (Å²) in [7, 11) is 0. The molecule has 9 nitrogen and oxygen atoms in total. The van der Waals surface area contributed by atoms with Crippen LogP contribution in [-0.4, -0.2) is 51.2 Å². The van der Waals surface area contributed by atoms with Crippen molar-refractivity contribution < 1.29 is 33.3 Å². The molecule has 220 valence electrons. The van der Waals surface area contributed by atoms with E-state index >= 15 is 0 Å². The highest BCUT2D eigenvalue weighted by Crippen LogP contribution is 2.72. The van der Waals surface area contributed by atoms with E-state index in [9.17, 15) is 14.7 Å². The van der Waals surface area contributed by atoms with Crippen molar-refractivity contribution in [3.63, 3.8) is 0 Å². The number of furan rings is 1. The zero-order valence-electron chi connectivity index (χ0n) is 24.3. The number of carbonyl (C=O) groups excluding carboxylic acids is 2. The van der Waals surface area contributed by atoms with Crippen LogP contribution in [0.1, 0.15) is 64.0 Å². The number of ketones is 1. The lowest BCUT2D eigenvalue weighted by molar-refractivity contribution is -0.273. The summed E-state index contributed by atoms with van der Waals surface area (Å²) < 4.78 is 24.5. The molecule has 3 N–H and O–H groups in total. The molecule has 8 rings (SSSR count). The predicted octanol–water partition coefficient (Wildman–Crippen LogP) is 4.82. The Balaban J connectivity index is 1.27. The summed E-state index contributed by atoms with van der Waals surface area (Å²) in [5, 5.41) is 17.2. The molecule has 1 amide bonds. The maximum Gasteiger partial charge on any atom is 0.407 e. The number of aliphatic hydroxyl groups is 1. The molecule has 7 atom stereocenters. The Hall–Kier alpha value is -3.40. The molecule has 3 fully saturated rings. The number of H-pyrrole nitrogens is 1. The second-order valence-corrected chi connectivity index (χ2v) is 13.7. The third kappa shape index (κ3) is 3.04. The van der Waals surface area contributed by atoms with Crippen LogP contribution < -0.4 is 5.32 Å². The largest absolute Gasteiger partial charge is 0.467 e. The number of carbonyl (C=O) groups is 2. The second kappa shape index (κ2) is 8.15. The highest BCUT2D eigenvalue weighted by molar-refractivity contribution is 5.97. The third-order valence-electron chi connectivity index (χ3n) is 11.5. The highest BCUT2D eigenvalue weighted by Gasteiger charge is 2.78. The molecule has 3 aromatic rings. The number of hydrogen-bond donors (Lipinski definition) is 3. The van der Waals surface area contributed by atoms with E-state index in [2.05, 4.69) is 36.3 Å². The molecule has 1 aromatic carbocycles. The van der Waals surface area contributed by atoms with E-state index in [0.717, 1.165) is 17.6 Å². The van der Waals surface area contributed by atoms with Gasteiger partial charge in [-0.1, -0.05) is 32.0 Å². The Kier molecular flexibility index (Phi) is 5.09. The molecule has 1 spiro atoms. The van der Waals surface area contributed by atoms with Crippen molar-refractivity contribution >= 4 is 22.8 Å². The van der Waals surface area contributed by atoms with Gasteiger partial charge in [-0.15, -0.1) is 0 Å². The van der Waals surface area contributed by atoms with Crippen LogP contribution in [0.3, 0.4) is 0 Å². The number of fused-ring (bicyclic) bond motifs is 9. The van der Waals surface area contributed by atoms with E-state index in [4.69, 9.17) is 18.6 Å². The number of rotatable bonds is 3. The molecular weight excluding hydrogens is 536 g/mol. The molecule has 5 aliphatic rings. The first kappa shape index (κ1) is 26.2. The Bertz CT molecular complexity index is 1670. The molecule has 0 radical (unpaired) electrons. The van der Waals surface area contributed by atoms with Crippen LogP contribution in [0.5, 0.6) is 0 Å². The summed E-state index contributed by atoms with van der Waals surface area (Å²) in [5.41, 5.74) is -0.191. The zero-order valence-corrected chi connectivity index (χ0v) is 24.3. The summed E-state index contributed by atoms with van der Waals surface area (Å²) in [6.45, 7) is 8.16. The summed E-state index contributed by atoms with van der Waals surface area (Å²) in [4.78, 5) is 30.5. The van der Waals surface area contributed by atoms with Crippen LogP contribution in [-0.2, 0) is 37.4 Å². The standard InChI is InChI=1S/C33H36N2O7/c1-29(2)27-23(36)16-24-32(41-27,42-29)12-11-30(3)31(4)18(14-21-20-9-5-6-10-22(20)35-26(21)31)15-25(33(24,30)38)40-28(37)34-17-19-8-7-13-39-19/h5-10,13,16,18,25,27,35,38H,11-12,14-15,17H2,1-4H3,(H,34,37)/t18-,25+,27-,30-,31-,32+,33+/m1/s1. The average molecular weight is 573 g/mol. The minimum absolute atomic E-state index is 0.0834. The number of hydrogen-bond acceptors (Lipinski definition) is 7. The Morgan fingerprint density at radius 2 is 1.95 bits per heavy atom. The van der Waals surface area contributed by atoms with Crippen LogP contribution in [0.4, 0.5) is 4.79 Å². The predicted molar refractivity (Wildman–Crippen MR) is 151 cm³/mol. The fourth-order valence-corrected chi connectivity index (χ4v) is 9.27. The first-order valence-corrected chi connectivity index (χ1v) is 14.9. The van der Waals surface area contributed by atoms with Crippen molar-refractivity contribution in [2.45, 2.75) is 94.5 Å². The Morgan fingerprint density at radius 1 is 1.14 bits per heavy atom. The van der Waals surface area contributed by atoms with Crippen LogP contribution in [0.15, 0.2) is 58.7 Å². The number of nitrogens with one attached hydrogen (secondary N) is 2. The van der Waals surface area contributed by atoms with Gasteiger partial charge < -0.3 is 34.0 Å². The van der Waals surface area contributed by atoms with Crippen molar-refractivity contribution in [1.29, 1.82) is 0 Å². The van der Waals surface area contributed by atoms with Gasteiger partial charge >= 0.3 is 6.09 Å². The molecule has 9 heteroatoms. The number of aromatic nitrogens is 1. The van der Waals surface area contributed by atoms with Crippen LogP contribution in [0.2, 0.25) is 0 Å². The fraction of sp³-hybridized carbons (Fsp3) is 0.515. The van der Waals surface area contributed by atoms with Gasteiger partial charge in [-0.3, -0.25) is 4.79 Å². The monoisotopic (exact) mass is 572 g/mol. The average Bonchev–Trinajstić information content (AvgIpc) is 3.70. The molecule has 0 unspecified atom stereocenters. The molecule has 2 aliphatic heterocycles. The Morgan fingerprint density at radius 3 is 2.74 bits per heavy atom. The molecule has 2 bridgehead atoms. The molecule has 1 saturated heterocycles. The van der Waals surface area contributed by atoms with Gasteiger partial charge in [0.1, 0.15) is 23.1 Å². The van der Waals surface area contributed by atoms with E-state index in [-0.39, 0.29) is 18.2 Å². The van der Waals surface area contributed by atoms with Crippen molar-refractivity contribution in [1.82, 2.24) is 10.3 Å². The molecule has 3 aliphatic carbocycles. The third-order valence-corrected chi connectivity index (χ3v) is 11.5. The quantitative estimate of drug-likeness (QED) is 0.411. The van der Waals surface area contributed by atoms with Gasteiger partial charge in [-0.2, -0.15) is 0 Å². The first-order chi connectivity index (χ1) is 19.9. The lowest BCUT2D eigenvalue weighted by Gasteiger charge is -2.67. The fourth-order valence-electron chi connectivity index (χ4n) is 9.27. The van der Waals surface area contributed by atoms with E-state index in [0.29, 0.717) is 30.6 Å². The number of ether oxygens (including phenoxy) is 3. The lowest BCUT2D eigenvalue weighted by atomic mass is 9.41. The van der Waals surface area contributed by atoms with Crippen molar-refractivity contribution in [2.75, 3.05) is 0 Å². The molecule has 2 saturated carbocycles. The SMILES string of the molecule is CC1(C)O[C@@]23CC[C@]4(C)[C@@]5(C)c6[nH]c7ccccc7c6C[C@@H]5C[C@H](OC(=O)NCc5ccco5)[C@@]4(O)C2=CC(=O)[C@H]1O3. The summed E-state index contributed by atoms with van der Waals surface area (Å²) in [6.07, 6.45) is 2.91. The molecule has 4 heterocycles. The highest BCUT2D eigenvalue weighted by atomic mass is 16.8. The van der Waals surface area contributed by atoms with E-state index in [1.165, 1.54) is 17.0 Å². The van der Waals surface area contributed by atoms with Gasteiger partial charge in [-0.05, 0) is 68.9 Å². The van der Waals surface area contributed by atoms with Crippen molar-refractivity contribution in [2.24, 2.45) is 11.3 Å². The van der Waals surface area contributed by atoms with Gasteiger partial charge in [0.15, 0.2) is 17.7 Å². The number of aromatic amines is 1. The van der Waals surface area contributed by atoms with Crippen LogP contribution in [0, 0.1) is 11.3 Å². The van der Waals surface area contributed by atoms with Gasteiger partial charge in [0, 0.05) is 39.4 Å². The van der Waals surface area contributed by atoms with Crippen LogP contribution >= 0.6 is 0 Å². The lowest BCUT2D eigenvalue weighted by Crippen LogP contribution is -2.75. The first-order valence-electron chi connectivity index (χ1n) is 14.9. The Labute approximate surface area is 243 Å². The van der Waals surface area contributed by atoms with Gasteiger partial charge in [0.2, 0.25) is 0 Å². The minimum Gasteiger partial charge on any atom is -0.467 e. The summed E-state index contributed by atoms with van der Waals surface area (Å²) in [6, 6.07) is 11.8. The molecule has 42 heavy (non-hydrogen) atoms.